The minimum absolute atomic E-state index is 0.0796. The van der Waals surface area contributed by atoms with Crippen LogP contribution < -0.4 is 4.57 Å². The van der Waals surface area contributed by atoms with Gasteiger partial charge in [0.1, 0.15) is 7.05 Å². The quantitative estimate of drug-likeness (QED) is 0.423. The van der Waals surface area contributed by atoms with Gasteiger partial charge in [0.2, 0.25) is 5.69 Å². The average molecular weight is 351 g/mol. The Hall–Kier alpha value is -3.00. The van der Waals surface area contributed by atoms with Crippen LogP contribution in [0.1, 0.15) is 30.7 Å². The highest BCUT2D eigenvalue weighted by Gasteiger charge is 2.37. The standard InChI is InChI=1S/C25H23N2/c1-16-12-21-19-10-7-11-26-24(19)25(2,3)22(21)14-20(16)23-13-17-8-5-6-9-18(17)15-27(23)4/h5-15H,1-4H3/q+1. The fourth-order valence-electron chi connectivity index (χ4n) is 4.53. The second-order valence-electron chi connectivity index (χ2n) is 8.14. The van der Waals surface area contributed by atoms with Gasteiger partial charge >= 0.3 is 0 Å². The van der Waals surface area contributed by atoms with Crippen LogP contribution in [0.25, 0.3) is 33.2 Å². The molecule has 0 bridgehead atoms. The highest BCUT2D eigenvalue weighted by molar-refractivity contribution is 5.86. The molecule has 27 heavy (non-hydrogen) atoms. The molecule has 0 radical (unpaired) electrons. The zero-order valence-corrected chi connectivity index (χ0v) is 16.2. The second kappa shape index (κ2) is 5.50. The van der Waals surface area contributed by atoms with Gasteiger partial charge in [0.15, 0.2) is 6.20 Å². The smallest absolute Gasteiger partial charge is 0.213 e. The SMILES string of the molecule is Cc1cc2c(cc1-c1cc3ccccc3c[n+]1C)C(C)(C)c1ncccc1-2. The second-order valence-corrected chi connectivity index (χ2v) is 8.14. The number of fused-ring (bicyclic) bond motifs is 4. The molecule has 2 nitrogen and oxygen atoms in total. The van der Waals surface area contributed by atoms with Crippen LogP contribution in [0.15, 0.2) is 67.0 Å². The Morgan fingerprint density at radius 2 is 1.63 bits per heavy atom. The fourth-order valence-corrected chi connectivity index (χ4v) is 4.53. The van der Waals surface area contributed by atoms with E-state index in [1.54, 1.807) is 0 Å². The molecule has 0 saturated heterocycles. The van der Waals surface area contributed by atoms with Crippen LogP contribution in [0.5, 0.6) is 0 Å². The number of aryl methyl sites for hydroxylation is 2. The predicted molar refractivity (Wildman–Crippen MR) is 111 cm³/mol. The third-order valence-corrected chi connectivity index (χ3v) is 6.00. The molecule has 1 aliphatic carbocycles. The summed E-state index contributed by atoms with van der Waals surface area (Å²) in [6, 6.07) is 19.8. The molecule has 2 heteroatoms. The minimum atomic E-state index is -0.0796. The van der Waals surface area contributed by atoms with Gasteiger partial charge in [-0.25, -0.2) is 4.57 Å². The summed E-state index contributed by atoms with van der Waals surface area (Å²) in [6.07, 6.45) is 4.13. The molecular formula is C25H23N2+. The maximum Gasteiger partial charge on any atom is 0.213 e. The summed E-state index contributed by atoms with van der Waals surface area (Å²) >= 11 is 0. The molecule has 5 rings (SSSR count). The molecule has 0 atom stereocenters. The molecule has 1 aliphatic rings. The Kier molecular flexibility index (Phi) is 3.30. The van der Waals surface area contributed by atoms with E-state index in [0.717, 1.165) is 0 Å². The average Bonchev–Trinajstić information content (AvgIpc) is 2.88. The molecule has 2 aromatic heterocycles. The summed E-state index contributed by atoms with van der Waals surface area (Å²) in [7, 11) is 2.13. The van der Waals surface area contributed by atoms with E-state index in [1.165, 1.54) is 50.0 Å². The van der Waals surface area contributed by atoms with Gasteiger partial charge in [-0.05, 0) is 47.2 Å². The maximum absolute atomic E-state index is 4.71. The molecule has 0 spiro atoms. The van der Waals surface area contributed by atoms with Crippen LogP contribution in [0, 0.1) is 6.92 Å². The molecule has 2 aromatic carbocycles. The van der Waals surface area contributed by atoms with Gasteiger partial charge in [0.05, 0.1) is 5.69 Å². The lowest BCUT2D eigenvalue weighted by Gasteiger charge is -2.21. The van der Waals surface area contributed by atoms with Gasteiger partial charge in [0, 0.05) is 34.2 Å². The Morgan fingerprint density at radius 1 is 0.852 bits per heavy atom. The minimum Gasteiger partial charge on any atom is -0.260 e. The molecular weight excluding hydrogens is 328 g/mol. The molecule has 4 aromatic rings. The summed E-state index contributed by atoms with van der Waals surface area (Å²) in [5, 5.41) is 2.54. The summed E-state index contributed by atoms with van der Waals surface area (Å²) in [5.74, 6) is 0. The van der Waals surface area contributed by atoms with Crippen molar-refractivity contribution >= 4 is 10.8 Å². The number of rotatable bonds is 1. The van der Waals surface area contributed by atoms with Crippen molar-refractivity contribution in [3.8, 4) is 22.4 Å². The lowest BCUT2D eigenvalue weighted by atomic mass is 9.83. The van der Waals surface area contributed by atoms with Crippen LogP contribution in [0.2, 0.25) is 0 Å². The van der Waals surface area contributed by atoms with Gasteiger partial charge in [-0.15, -0.1) is 0 Å². The normalized spacial score (nSPS) is 14.2. The van der Waals surface area contributed by atoms with E-state index in [2.05, 4.69) is 87.1 Å². The Bertz CT molecular complexity index is 1220. The lowest BCUT2D eigenvalue weighted by Crippen LogP contribution is -2.30. The number of hydrogen-bond acceptors (Lipinski definition) is 1. The van der Waals surface area contributed by atoms with Crippen molar-refractivity contribution in [2.24, 2.45) is 7.05 Å². The van der Waals surface area contributed by atoms with Crippen molar-refractivity contribution in [3.63, 3.8) is 0 Å². The van der Waals surface area contributed by atoms with E-state index in [-0.39, 0.29) is 5.41 Å². The van der Waals surface area contributed by atoms with Crippen LogP contribution in [0.3, 0.4) is 0 Å². The summed E-state index contributed by atoms with van der Waals surface area (Å²) in [6.45, 7) is 6.78. The van der Waals surface area contributed by atoms with Gasteiger partial charge in [-0.2, -0.15) is 0 Å². The largest absolute Gasteiger partial charge is 0.260 e. The molecule has 0 aliphatic heterocycles. The Balaban J connectivity index is 1.78. The topological polar surface area (TPSA) is 16.8 Å². The first-order valence-corrected chi connectivity index (χ1v) is 9.46. The van der Waals surface area contributed by atoms with E-state index in [4.69, 9.17) is 4.98 Å². The van der Waals surface area contributed by atoms with E-state index >= 15 is 0 Å². The summed E-state index contributed by atoms with van der Waals surface area (Å²) in [4.78, 5) is 4.71. The van der Waals surface area contributed by atoms with Crippen LogP contribution in [-0.4, -0.2) is 4.98 Å². The number of nitrogens with zero attached hydrogens (tertiary/aromatic N) is 2. The highest BCUT2D eigenvalue weighted by atomic mass is 14.9. The first-order chi connectivity index (χ1) is 13.0. The van der Waals surface area contributed by atoms with E-state index in [9.17, 15) is 0 Å². The van der Waals surface area contributed by atoms with Gasteiger partial charge in [-0.3, -0.25) is 4.98 Å². The predicted octanol–water partition coefficient (Wildman–Crippen LogP) is 5.34. The molecule has 132 valence electrons. The molecule has 0 N–H and O–H groups in total. The van der Waals surface area contributed by atoms with Gasteiger partial charge in [0.25, 0.3) is 0 Å². The van der Waals surface area contributed by atoms with Crippen LogP contribution in [0.4, 0.5) is 0 Å². The van der Waals surface area contributed by atoms with Gasteiger partial charge in [-0.1, -0.05) is 44.2 Å². The summed E-state index contributed by atoms with van der Waals surface area (Å²) < 4.78 is 2.24. The first kappa shape index (κ1) is 16.2. The fraction of sp³-hybridized carbons (Fsp3) is 0.200. The van der Waals surface area contributed by atoms with Crippen molar-refractivity contribution in [2.75, 3.05) is 0 Å². The monoisotopic (exact) mass is 351 g/mol. The number of hydrogen-bond donors (Lipinski definition) is 0. The van der Waals surface area contributed by atoms with Crippen molar-refractivity contribution < 1.29 is 4.57 Å². The molecule has 2 heterocycles. The van der Waals surface area contributed by atoms with E-state index < -0.39 is 0 Å². The van der Waals surface area contributed by atoms with Crippen LogP contribution >= 0.6 is 0 Å². The van der Waals surface area contributed by atoms with Gasteiger partial charge < -0.3 is 0 Å². The molecule has 0 unspecified atom stereocenters. The van der Waals surface area contributed by atoms with Crippen molar-refractivity contribution in [1.29, 1.82) is 0 Å². The zero-order valence-electron chi connectivity index (χ0n) is 16.2. The Labute approximate surface area is 160 Å². The number of benzene rings is 2. The van der Waals surface area contributed by atoms with Crippen molar-refractivity contribution in [3.05, 3.63) is 83.8 Å². The van der Waals surface area contributed by atoms with E-state index in [1.807, 2.05) is 12.3 Å². The number of pyridine rings is 2. The lowest BCUT2D eigenvalue weighted by molar-refractivity contribution is -0.659. The molecule has 0 fully saturated rings. The Morgan fingerprint density at radius 3 is 2.44 bits per heavy atom. The van der Waals surface area contributed by atoms with Crippen molar-refractivity contribution in [1.82, 2.24) is 4.98 Å². The third kappa shape index (κ3) is 2.26. The summed E-state index contributed by atoms with van der Waals surface area (Å²) in [5.41, 5.74) is 8.90. The highest BCUT2D eigenvalue weighted by Crippen LogP contribution is 2.49. The van der Waals surface area contributed by atoms with E-state index in [0.29, 0.717) is 0 Å². The third-order valence-electron chi connectivity index (χ3n) is 6.00. The number of aromatic nitrogens is 2. The van der Waals surface area contributed by atoms with Crippen molar-refractivity contribution in [2.45, 2.75) is 26.2 Å². The van der Waals surface area contributed by atoms with Crippen LogP contribution in [-0.2, 0) is 12.5 Å². The zero-order chi connectivity index (χ0) is 18.8. The maximum atomic E-state index is 4.71. The molecule has 0 amide bonds. The molecule has 0 saturated carbocycles. The first-order valence-electron chi connectivity index (χ1n) is 9.46.